The van der Waals surface area contributed by atoms with Crippen LogP contribution in [0.2, 0.25) is 0 Å². The van der Waals surface area contributed by atoms with E-state index in [0.29, 0.717) is 37.7 Å². The second kappa shape index (κ2) is 9.25. The van der Waals surface area contributed by atoms with Crippen molar-refractivity contribution in [2.24, 2.45) is 5.92 Å². The Morgan fingerprint density at radius 3 is 2.63 bits per heavy atom. The van der Waals surface area contributed by atoms with E-state index in [0.717, 1.165) is 31.5 Å². The van der Waals surface area contributed by atoms with E-state index in [4.69, 9.17) is 0 Å². The molecule has 1 aromatic heterocycles. The molecule has 0 bridgehead atoms. The summed E-state index contributed by atoms with van der Waals surface area (Å²) < 4.78 is 0. The largest absolute Gasteiger partial charge is 0.356 e. The Morgan fingerprint density at radius 2 is 1.93 bits per heavy atom. The number of nitrogens with zero attached hydrogens (tertiary/aromatic N) is 5. The van der Waals surface area contributed by atoms with Gasteiger partial charge in [-0.3, -0.25) is 9.59 Å². The summed E-state index contributed by atoms with van der Waals surface area (Å²) in [5.41, 5.74) is 0.932. The Morgan fingerprint density at radius 1 is 1.19 bits per heavy atom. The van der Waals surface area contributed by atoms with Crippen molar-refractivity contribution in [1.82, 2.24) is 30.4 Å². The SMILES string of the molecule is CC(=O)NCC1CCN(C(=O)CCCn2nnc(-c3ccccc3)n2)CC1. The summed E-state index contributed by atoms with van der Waals surface area (Å²) in [5, 5.41) is 15.4. The highest BCUT2D eigenvalue weighted by atomic mass is 16.2. The van der Waals surface area contributed by atoms with E-state index in [1.807, 2.05) is 35.2 Å². The van der Waals surface area contributed by atoms with Crippen LogP contribution in [0.4, 0.5) is 0 Å². The predicted molar refractivity (Wildman–Crippen MR) is 100 cm³/mol. The molecule has 0 unspecified atom stereocenters. The van der Waals surface area contributed by atoms with E-state index >= 15 is 0 Å². The van der Waals surface area contributed by atoms with Gasteiger partial charge in [-0.05, 0) is 30.4 Å². The number of aryl methyl sites for hydroxylation is 1. The quantitative estimate of drug-likeness (QED) is 0.797. The summed E-state index contributed by atoms with van der Waals surface area (Å²) in [6.45, 7) is 4.35. The van der Waals surface area contributed by atoms with E-state index in [2.05, 4.69) is 20.7 Å². The van der Waals surface area contributed by atoms with Gasteiger partial charge in [0.25, 0.3) is 0 Å². The van der Waals surface area contributed by atoms with Gasteiger partial charge >= 0.3 is 0 Å². The van der Waals surface area contributed by atoms with Crippen molar-refractivity contribution in [1.29, 1.82) is 0 Å². The standard InChI is InChI=1S/C19H26N6O2/c1-15(26)20-14-16-9-12-24(13-10-16)18(27)8-5-11-25-22-19(21-23-25)17-6-3-2-4-7-17/h2-4,6-7,16H,5,8-14H2,1H3,(H,20,26). The third kappa shape index (κ3) is 5.60. The number of nitrogens with one attached hydrogen (secondary N) is 1. The molecule has 2 amide bonds. The molecule has 8 nitrogen and oxygen atoms in total. The highest BCUT2D eigenvalue weighted by molar-refractivity contribution is 5.76. The molecule has 1 saturated heterocycles. The van der Waals surface area contributed by atoms with Crippen molar-refractivity contribution in [3.8, 4) is 11.4 Å². The van der Waals surface area contributed by atoms with Crippen LogP contribution in [0.5, 0.6) is 0 Å². The molecular formula is C19H26N6O2. The number of benzene rings is 1. The van der Waals surface area contributed by atoms with Gasteiger partial charge in [-0.2, -0.15) is 4.80 Å². The number of amides is 2. The van der Waals surface area contributed by atoms with Crippen molar-refractivity contribution >= 4 is 11.8 Å². The molecule has 2 aromatic rings. The Bertz CT molecular complexity index is 753. The number of likely N-dealkylation sites (tertiary alicyclic amines) is 1. The van der Waals surface area contributed by atoms with Gasteiger partial charge in [0, 0.05) is 38.5 Å². The first-order valence-corrected chi connectivity index (χ1v) is 9.47. The molecule has 0 saturated carbocycles. The smallest absolute Gasteiger partial charge is 0.222 e. The first-order chi connectivity index (χ1) is 13.1. The number of hydrogen-bond acceptors (Lipinski definition) is 5. The van der Waals surface area contributed by atoms with E-state index in [1.165, 1.54) is 6.92 Å². The van der Waals surface area contributed by atoms with E-state index in [-0.39, 0.29) is 11.8 Å². The molecule has 0 radical (unpaired) electrons. The van der Waals surface area contributed by atoms with Gasteiger partial charge in [-0.25, -0.2) is 0 Å². The number of carbonyl (C=O) groups is 2. The van der Waals surface area contributed by atoms with Gasteiger partial charge in [-0.15, -0.1) is 10.2 Å². The molecule has 27 heavy (non-hydrogen) atoms. The topological polar surface area (TPSA) is 93.0 Å². The minimum atomic E-state index is 0.00523. The second-order valence-corrected chi connectivity index (χ2v) is 6.94. The summed E-state index contributed by atoms with van der Waals surface area (Å²) in [4.78, 5) is 26.8. The molecule has 1 aliphatic rings. The number of hydrogen-bond donors (Lipinski definition) is 1. The van der Waals surface area contributed by atoms with Gasteiger partial charge < -0.3 is 10.2 Å². The maximum absolute atomic E-state index is 12.4. The Hall–Kier alpha value is -2.77. The molecule has 1 aliphatic heterocycles. The number of rotatable bonds is 7. The van der Waals surface area contributed by atoms with Gasteiger partial charge in [0.2, 0.25) is 17.6 Å². The first kappa shape index (κ1) is 19.0. The lowest BCUT2D eigenvalue weighted by atomic mass is 9.96. The fourth-order valence-corrected chi connectivity index (χ4v) is 3.25. The number of piperidine rings is 1. The third-order valence-electron chi connectivity index (χ3n) is 4.84. The minimum absolute atomic E-state index is 0.00523. The molecule has 1 fully saturated rings. The molecule has 1 aromatic carbocycles. The summed E-state index contributed by atoms with van der Waals surface area (Å²) >= 11 is 0. The molecular weight excluding hydrogens is 344 g/mol. The molecule has 0 spiro atoms. The van der Waals surface area contributed by atoms with Crippen molar-refractivity contribution in [2.75, 3.05) is 19.6 Å². The van der Waals surface area contributed by atoms with Crippen LogP contribution in [0.25, 0.3) is 11.4 Å². The Kier molecular flexibility index (Phi) is 6.51. The lowest BCUT2D eigenvalue weighted by Gasteiger charge is -2.32. The number of tetrazole rings is 1. The van der Waals surface area contributed by atoms with Gasteiger partial charge in [0.05, 0.1) is 6.54 Å². The van der Waals surface area contributed by atoms with Crippen LogP contribution < -0.4 is 5.32 Å². The fraction of sp³-hybridized carbons (Fsp3) is 0.526. The van der Waals surface area contributed by atoms with Crippen LogP contribution in [0.3, 0.4) is 0 Å². The second-order valence-electron chi connectivity index (χ2n) is 6.94. The molecule has 3 rings (SSSR count). The number of aromatic nitrogens is 4. The lowest BCUT2D eigenvalue weighted by molar-refractivity contribution is -0.133. The molecule has 0 aliphatic carbocycles. The van der Waals surface area contributed by atoms with Crippen molar-refractivity contribution < 1.29 is 9.59 Å². The van der Waals surface area contributed by atoms with Crippen LogP contribution in [0, 0.1) is 5.92 Å². The average molecular weight is 370 g/mol. The van der Waals surface area contributed by atoms with Crippen LogP contribution in [0.15, 0.2) is 30.3 Å². The molecule has 1 N–H and O–H groups in total. The van der Waals surface area contributed by atoms with E-state index in [1.54, 1.807) is 4.80 Å². The molecule has 2 heterocycles. The zero-order valence-electron chi connectivity index (χ0n) is 15.7. The van der Waals surface area contributed by atoms with Gasteiger partial charge in [-0.1, -0.05) is 30.3 Å². The summed E-state index contributed by atoms with van der Waals surface area (Å²) in [6, 6.07) is 9.71. The summed E-state index contributed by atoms with van der Waals surface area (Å²) in [5.74, 6) is 1.25. The van der Waals surface area contributed by atoms with Crippen LogP contribution in [-0.2, 0) is 16.1 Å². The van der Waals surface area contributed by atoms with Gasteiger partial charge in [0.15, 0.2) is 0 Å². The van der Waals surface area contributed by atoms with Crippen molar-refractivity contribution in [3.63, 3.8) is 0 Å². The highest BCUT2D eigenvalue weighted by Gasteiger charge is 2.22. The zero-order valence-corrected chi connectivity index (χ0v) is 15.7. The van der Waals surface area contributed by atoms with E-state index < -0.39 is 0 Å². The summed E-state index contributed by atoms with van der Waals surface area (Å²) in [7, 11) is 0. The van der Waals surface area contributed by atoms with Gasteiger partial charge in [0.1, 0.15) is 0 Å². The number of carbonyl (C=O) groups excluding carboxylic acids is 2. The highest BCUT2D eigenvalue weighted by Crippen LogP contribution is 2.17. The fourth-order valence-electron chi connectivity index (χ4n) is 3.25. The van der Waals surface area contributed by atoms with Crippen LogP contribution >= 0.6 is 0 Å². The maximum Gasteiger partial charge on any atom is 0.222 e. The Labute approximate surface area is 158 Å². The first-order valence-electron chi connectivity index (χ1n) is 9.47. The van der Waals surface area contributed by atoms with Crippen molar-refractivity contribution in [3.05, 3.63) is 30.3 Å². The van der Waals surface area contributed by atoms with Crippen LogP contribution in [-0.4, -0.2) is 56.6 Å². The predicted octanol–water partition coefficient (Wildman–Crippen LogP) is 1.49. The zero-order chi connectivity index (χ0) is 19.1. The molecule has 0 atom stereocenters. The Balaban J connectivity index is 1.38. The van der Waals surface area contributed by atoms with Crippen LogP contribution in [0.1, 0.15) is 32.6 Å². The third-order valence-corrected chi connectivity index (χ3v) is 4.84. The lowest BCUT2D eigenvalue weighted by Crippen LogP contribution is -2.41. The molecule has 144 valence electrons. The monoisotopic (exact) mass is 370 g/mol. The maximum atomic E-state index is 12.4. The van der Waals surface area contributed by atoms with Crippen molar-refractivity contribution in [2.45, 2.75) is 39.2 Å². The normalized spacial score (nSPS) is 14.9. The average Bonchev–Trinajstić information content (AvgIpc) is 3.16. The van der Waals surface area contributed by atoms with E-state index in [9.17, 15) is 9.59 Å². The minimum Gasteiger partial charge on any atom is -0.356 e. The molecule has 8 heteroatoms. The summed E-state index contributed by atoms with van der Waals surface area (Å²) in [6.07, 6.45) is 3.06.